The number of carbonyl (C=O) groups excluding carboxylic acids is 1. The molecule has 0 aliphatic carbocycles. The lowest BCUT2D eigenvalue weighted by molar-refractivity contribution is 0.108. The summed E-state index contributed by atoms with van der Waals surface area (Å²) in [7, 11) is 0. The molecule has 0 spiro atoms. The van der Waals surface area contributed by atoms with Crippen LogP contribution in [0.2, 0.25) is 0 Å². The van der Waals surface area contributed by atoms with Crippen LogP contribution in [0.4, 0.5) is 0 Å². The van der Waals surface area contributed by atoms with Crippen molar-refractivity contribution >= 4 is 50.5 Å². The van der Waals surface area contributed by atoms with Crippen LogP contribution in [0.1, 0.15) is 21.5 Å². The number of carbonyl (C=O) groups is 1. The molecule has 0 aliphatic heterocycles. The van der Waals surface area contributed by atoms with Crippen molar-refractivity contribution in [2.75, 3.05) is 0 Å². The van der Waals surface area contributed by atoms with E-state index in [2.05, 4.69) is 25.3 Å². The molecule has 0 atom stereocenters. The van der Waals surface area contributed by atoms with Gasteiger partial charge in [-0.15, -0.1) is 0 Å². The van der Waals surface area contributed by atoms with Crippen LogP contribution < -0.4 is 0 Å². The molecule has 3 rings (SSSR count). The summed E-state index contributed by atoms with van der Waals surface area (Å²) >= 11 is 5.61. The summed E-state index contributed by atoms with van der Waals surface area (Å²) in [6.07, 6.45) is 3.63. The fourth-order valence-corrected chi connectivity index (χ4v) is 2.92. The first-order valence-electron chi connectivity index (χ1n) is 6.60. The lowest BCUT2D eigenvalue weighted by Gasteiger charge is -2.13. The maximum atomic E-state index is 11.4. The zero-order valence-corrected chi connectivity index (χ0v) is 12.2. The van der Waals surface area contributed by atoms with Crippen LogP contribution in [0.3, 0.4) is 0 Å². The topological polar surface area (TPSA) is 17.1 Å². The summed E-state index contributed by atoms with van der Waals surface area (Å²) in [6.45, 7) is 7.82. The van der Waals surface area contributed by atoms with Crippen molar-refractivity contribution in [2.24, 2.45) is 0 Å². The van der Waals surface area contributed by atoms with Crippen LogP contribution in [-0.2, 0) is 0 Å². The van der Waals surface area contributed by atoms with Gasteiger partial charge >= 0.3 is 0 Å². The van der Waals surface area contributed by atoms with E-state index in [0.29, 0.717) is 5.56 Å². The van der Waals surface area contributed by atoms with E-state index in [-0.39, 0.29) is 0 Å². The highest BCUT2D eigenvalue weighted by atomic mass is 35.5. The van der Waals surface area contributed by atoms with E-state index in [1.54, 1.807) is 12.1 Å². The third-order valence-corrected chi connectivity index (χ3v) is 3.96. The fraction of sp³-hybridized carbons (Fsp3) is 0. The van der Waals surface area contributed by atoms with Gasteiger partial charge in [0.15, 0.2) is 0 Å². The minimum absolute atomic E-state index is 0.458. The molecule has 0 heterocycles. The van der Waals surface area contributed by atoms with Crippen molar-refractivity contribution in [1.29, 1.82) is 0 Å². The molecule has 3 aromatic rings. The maximum absolute atomic E-state index is 11.4. The van der Waals surface area contributed by atoms with Crippen molar-refractivity contribution in [3.8, 4) is 0 Å². The Morgan fingerprint density at radius 3 is 2.05 bits per heavy atom. The van der Waals surface area contributed by atoms with E-state index in [0.717, 1.165) is 32.7 Å². The van der Waals surface area contributed by atoms with Gasteiger partial charge in [0, 0.05) is 5.56 Å². The van der Waals surface area contributed by atoms with Gasteiger partial charge in [-0.3, -0.25) is 4.79 Å². The third kappa shape index (κ3) is 2.07. The fourth-order valence-electron chi connectivity index (χ4n) is 2.81. The molecule has 0 saturated carbocycles. The number of hydrogen-bond acceptors (Lipinski definition) is 1. The predicted molar refractivity (Wildman–Crippen MR) is 91.8 cm³/mol. The van der Waals surface area contributed by atoms with Gasteiger partial charge in [0.1, 0.15) is 0 Å². The molecule has 0 saturated heterocycles. The smallest absolute Gasteiger partial charge is 0.252 e. The highest BCUT2D eigenvalue weighted by molar-refractivity contribution is 6.67. The Morgan fingerprint density at radius 2 is 1.43 bits per heavy atom. The Balaban J connectivity index is 2.60. The average molecular weight is 293 g/mol. The molecule has 0 N–H and O–H groups in total. The van der Waals surface area contributed by atoms with E-state index >= 15 is 0 Å². The van der Waals surface area contributed by atoms with Gasteiger partial charge in [-0.2, -0.15) is 0 Å². The van der Waals surface area contributed by atoms with Gasteiger partial charge < -0.3 is 0 Å². The zero-order chi connectivity index (χ0) is 15.0. The lowest BCUT2D eigenvalue weighted by atomic mass is 9.91. The second kappa shape index (κ2) is 5.19. The predicted octanol–water partition coefficient (Wildman–Crippen LogP) is 5.66. The Hall–Kier alpha value is -2.38. The molecule has 0 fully saturated rings. The van der Waals surface area contributed by atoms with Crippen LogP contribution in [0, 0.1) is 0 Å². The first kappa shape index (κ1) is 13.6. The standard InChI is InChI=1S/C19H13ClO/c1-3-13-14(4-2)18-11-12(19(20)21)9-10-17(18)16-8-6-5-7-15(13)16/h3-11H,1-2H2. The maximum Gasteiger partial charge on any atom is 0.252 e. The van der Waals surface area contributed by atoms with Gasteiger partial charge in [-0.05, 0) is 56.4 Å². The minimum atomic E-state index is -0.458. The normalized spacial score (nSPS) is 10.7. The second-order valence-electron chi connectivity index (χ2n) is 4.82. The molecule has 2 heteroatoms. The summed E-state index contributed by atoms with van der Waals surface area (Å²) in [5.41, 5.74) is 2.48. The van der Waals surface area contributed by atoms with Crippen LogP contribution in [0.15, 0.2) is 55.6 Å². The van der Waals surface area contributed by atoms with Gasteiger partial charge in [0.25, 0.3) is 5.24 Å². The molecule has 0 radical (unpaired) electrons. The number of fused-ring (bicyclic) bond motifs is 3. The first-order valence-corrected chi connectivity index (χ1v) is 6.98. The Labute approximate surface area is 128 Å². The molecule has 3 aromatic carbocycles. The van der Waals surface area contributed by atoms with Crippen LogP contribution in [-0.4, -0.2) is 5.24 Å². The van der Waals surface area contributed by atoms with Crippen LogP contribution in [0.25, 0.3) is 33.7 Å². The summed E-state index contributed by atoms with van der Waals surface area (Å²) < 4.78 is 0. The van der Waals surface area contributed by atoms with Crippen LogP contribution >= 0.6 is 11.6 Å². The summed E-state index contributed by atoms with van der Waals surface area (Å²) in [5, 5.41) is 3.83. The molecule has 0 amide bonds. The molecule has 0 bridgehead atoms. The lowest BCUT2D eigenvalue weighted by Crippen LogP contribution is -1.93. The van der Waals surface area contributed by atoms with Crippen LogP contribution in [0.5, 0.6) is 0 Å². The van der Waals surface area contributed by atoms with Crippen molar-refractivity contribution < 1.29 is 4.79 Å². The summed E-state index contributed by atoms with van der Waals surface area (Å²) in [5.74, 6) is 0. The first-order chi connectivity index (χ1) is 10.2. The third-order valence-electron chi connectivity index (χ3n) is 3.74. The van der Waals surface area contributed by atoms with Gasteiger partial charge in [0.2, 0.25) is 0 Å². The molecular weight excluding hydrogens is 280 g/mol. The quantitative estimate of drug-likeness (QED) is 0.450. The minimum Gasteiger partial charge on any atom is -0.276 e. The van der Waals surface area contributed by atoms with E-state index in [4.69, 9.17) is 11.6 Å². The van der Waals surface area contributed by atoms with Gasteiger partial charge in [0.05, 0.1) is 0 Å². The molecule has 102 valence electrons. The molecule has 1 nitrogen and oxygen atoms in total. The van der Waals surface area contributed by atoms with Crippen molar-refractivity contribution in [1.82, 2.24) is 0 Å². The number of halogens is 1. The van der Waals surface area contributed by atoms with Gasteiger partial charge in [-0.25, -0.2) is 0 Å². The second-order valence-corrected chi connectivity index (χ2v) is 5.16. The largest absolute Gasteiger partial charge is 0.276 e. The molecule has 21 heavy (non-hydrogen) atoms. The molecule has 0 aliphatic rings. The van der Waals surface area contributed by atoms with E-state index in [9.17, 15) is 4.79 Å². The van der Waals surface area contributed by atoms with Gasteiger partial charge in [-0.1, -0.05) is 55.6 Å². The highest BCUT2D eigenvalue weighted by Gasteiger charge is 2.12. The SMILES string of the molecule is C=Cc1c(C=C)c2cc(C(=O)Cl)ccc2c2ccccc12. The number of rotatable bonds is 3. The van der Waals surface area contributed by atoms with E-state index in [1.165, 1.54) is 0 Å². The van der Waals surface area contributed by atoms with Crippen molar-refractivity contribution in [2.45, 2.75) is 0 Å². The monoisotopic (exact) mass is 292 g/mol. The highest BCUT2D eigenvalue weighted by Crippen LogP contribution is 2.35. The van der Waals surface area contributed by atoms with E-state index < -0.39 is 5.24 Å². The molecular formula is C19H13ClO. The average Bonchev–Trinajstić information content (AvgIpc) is 2.52. The summed E-state index contributed by atoms with van der Waals surface area (Å²) in [4.78, 5) is 11.4. The Kier molecular flexibility index (Phi) is 3.36. The molecule has 0 aromatic heterocycles. The Bertz CT molecular complexity index is 906. The zero-order valence-electron chi connectivity index (χ0n) is 11.4. The Morgan fingerprint density at radius 1 is 0.857 bits per heavy atom. The van der Waals surface area contributed by atoms with Crippen molar-refractivity contribution in [3.63, 3.8) is 0 Å². The summed E-state index contributed by atoms with van der Waals surface area (Å²) in [6, 6.07) is 13.7. The molecule has 0 unspecified atom stereocenters. The number of benzene rings is 3. The van der Waals surface area contributed by atoms with Crippen molar-refractivity contribution in [3.05, 3.63) is 72.3 Å². The van der Waals surface area contributed by atoms with E-state index in [1.807, 2.05) is 30.3 Å². The number of hydrogen-bond donors (Lipinski definition) is 0.